The number of nitrogens with zero attached hydrogens (tertiary/aromatic N) is 3. The molecule has 0 fully saturated rings. The quantitative estimate of drug-likeness (QED) is 0.475. The molecule has 0 saturated heterocycles. The van der Waals surface area contributed by atoms with Crippen molar-refractivity contribution in [2.75, 3.05) is 17.7 Å². The summed E-state index contributed by atoms with van der Waals surface area (Å²) in [6.07, 6.45) is 1.79. The summed E-state index contributed by atoms with van der Waals surface area (Å²) in [6, 6.07) is 1.92. The summed E-state index contributed by atoms with van der Waals surface area (Å²) in [5.74, 6) is 0.227. The van der Waals surface area contributed by atoms with Gasteiger partial charge in [-0.15, -0.1) is 11.8 Å². The van der Waals surface area contributed by atoms with Crippen molar-refractivity contribution in [3.05, 3.63) is 5.56 Å². The summed E-state index contributed by atoms with van der Waals surface area (Å²) >= 11 is 1.31. The van der Waals surface area contributed by atoms with Crippen LogP contribution >= 0.6 is 11.8 Å². The largest absolute Gasteiger partial charge is 0.382 e. The van der Waals surface area contributed by atoms with Gasteiger partial charge in [0.2, 0.25) is 5.95 Å². The first kappa shape index (κ1) is 8.62. The molecule has 5 nitrogen and oxygen atoms in total. The number of hydrogen-bond acceptors (Lipinski definition) is 6. The first-order valence-corrected chi connectivity index (χ1v) is 4.28. The molecule has 0 unspecified atom stereocenters. The third-order valence-corrected chi connectivity index (χ3v) is 1.91. The molecule has 0 aromatic carbocycles. The Bertz CT molecular complexity index is 343. The van der Waals surface area contributed by atoms with Gasteiger partial charge >= 0.3 is 0 Å². The van der Waals surface area contributed by atoms with Gasteiger partial charge in [0.15, 0.2) is 0 Å². The van der Waals surface area contributed by atoms with Crippen molar-refractivity contribution < 1.29 is 0 Å². The molecule has 0 spiro atoms. The number of anilines is 2. The highest BCUT2D eigenvalue weighted by molar-refractivity contribution is 7.98. The Morgan fingerprint density at radius 2 is 2.08 bits per heavy atom. The van der Waals surface area contributed by atoms with Crippen LogP contribution in [0.3, 0.4) is 0 Å². The maximum absolute atomic E-state index is 8.66. The van der Waals surface area contributed by atoms with Crippen LogP contribution in [-0.4, -0.2) is 16.2 Å². The molecule has 62 valence electrons. The number of nitrogen functional groups attached to an aromatic ring is 2. The average molecular weight is 181 g/mol. The van der Waals surface area contributed by atoms with E-state index in [0.717, 1.165) is 0 Å². The molecule has 1 aromatic heterocycles. The number of nitrogens with two attached hydrogens (primary N) is 2. The molecule has 4 N–H and O–H groups in total. The Balaban J connectivity index is 3.36. The van der Waals surface area contributed by atoms with Crippen molar-refractivity contribution in [1.29, 1.82) is 5.26 Å². The fraction of sp³-hybridized carbons (Fsp3) is 0.167. The Hall–Kier alpha value is -1.48. The molecule has 0 aliphatic rings. The molecule has 0 amide bonds. The zero-order chi connectivity index (χ0) is 9.14. The Labute approximate surface area is 73.8 Å². The summed E-state index contributed by atoms with van der Waals surface area (Å²) < 4.78 is 0. The second-order valence-electron chi connectivity index (χ2n) is 1.96. The van der Waals surface area contributed by atoms with Gasteiger partial charge in [0.05, 0.1) is 0 Å². The van der Waals surface area contributed by atoms with Crippen molar-refractivity contribution >= 4 is 23.5 Å². The molecule has 0 radical (unpaired) electrons. The Morgan fingerprint density at radius 1 is 1.42 bits per heavy atom. The van der Waals surface area contributed by atoms with E-state index in [1.807, 2.05) is 6.07 Å². The topological polar surface area (TPSA) is 102 Å². The van der Waals surface area contributed by atoms with Crippen LogP contribution in [-0.2, 0) is 0 Å². The molecule has 1 heterocycles. The highest BCUT2D eigenvalue weighted by Gasteiger charge is 2.08. The van der Waals surface area contributed by atoms with Crippen LogP contribution in [0.2, 0.25) is 0 Å². The summed E-state index contributed by atoms with van der Waals surface area (Å²) in [5.41, 5.74) is 11.1. The molecule has 12 heavy (non-hydrogen) atoms. The van der Waals surface area contributed by atoms with Crippen molar-refractivity contribution in [3.8, 4) is 6.07 Å². The van der Waals surface area contributed by atoms with Gasteiger partial charge in [0.25, 0.3) is 0 Å². The van der Waals surface area contributed by atoms with Gasteiger partial charge in [-0.1, -0.05) is 0 Å². The van der Waals surface area contributed by atoms with Crippen molar-refractivity contribution in [3.63, 3.8) is 0 Å². The molecule has 0 aliphatic heterocycles. The normalized spacial score (nSPS) is 9.33. The lowest BCUT2D eigenvalue weighted by Gasteiger charge is -2.01. The van der Waals surface area contributed by atoms with Crippen LogP contribution < -0.4 is 11.5 Å². The maximum atomic E-state index is 8.66. The van der Waals surface area contributed by atoms with Gasteiger partial charge in [0, 0.05) is 0 Å². The van der Waals surface area contributed by atoms with Gasteiger partial charge in [-0.2, -0.15) is 10.2 Å². The molecule has 1 aromatic rings. The van der Waals surface area contributed by atoms with E-state index in [2.05, 4.69) is 9.97 Å². The smallest absolute Gasteiger partial charge is 0.223 e. The fourth-order valence-corrected chi connectivity index (χ4v) is 1.27. The van der Waals surface area contributed by atoms with Crippen molar-refractivity contribution in [2.45, 2.75) is 5.03 Å². The fourth-order valence-electron chi connectivity index (χ4n) is 0.727. The first-order valence-electron chi connectivity index (χ1n) is 3.06. The molecular formula is C6H7N5S. The second kappa shape index (κ2) is 3.28. The molecular weight excluding hydrogens is 174 g/mol. The van der Waals surface area contributed by atoms with Crippen LogP contribution in [0.25, 0.3) is 0 Å². The third-order valence-electron chi connectivity index (χ3n) is 1.23. The predicted octanol–water partition coefficient (Wildman–Crippen LogP) is 0.235. The first-order chi connectivity index (χ1) is 5.69. The van der Waals surface area contributed by atoms with Crippen molar-refractivity contribution in [1.82, 2.24) is 9.97 Å². The monoisotopic (exact) mass is 181 g/mol. The number of nitriles is 1. The Kier molecular flexibility index (Phi) is 2.35. The molecule has 0 aliphatic carbocycles. The average Bonchev–Trinajstić information content (AvgIpc) is 2.03. The van der Waals surface area contributed by atoms with Gasteiger partial charge in [0.1, 0.15) is 22.5 Å². The van der Waals surface area contributed by atoms with Crippen molar-refractivity contribution in [2.24, 2.45) is 0 Å². The van der Waals surface area contributed by atoms with Gasteiger partial charge in [-0.25, -0.2) is 4.98 Å². The van der Waals surface area contributed by atoms with Crippen LogP contribution in [0, 0.1) is 11.3 Å². The zero-order valence-corrected chi connectivity index (χ0v) is 7.22. The molecule has 1 rings (SSSR count). The second-order valence-corrected chi connectivity index (χ2v) is 2.76. The highest BCUT2D eigenvalue weighted by Crippen LogP contribution is 2.21. The summed E-state index contributed by atoms with van der Waals surface area (Å²) in [6.45, 7) is 0. The minimum atomic E-state index is 0.0934. The zero-order valence-electron chi connectivity index (χ0n) is 6.40. The molecule has 0 atom stereocenters. The lowest BCUT2D eigenvalue weighted by Crippen LogP contribution is -2.03. The van der Waals surface area contributed by atoms with E-state index in [-0.39, 0.29) is 17.3 Å². The van der Waals surface area contributed by atoms with Gasteiger partial charge < -0.3 is 11.5 Å². The predicted molar refractivity (Wildman–Crippen MR) is 47.4 cm³/mol. The standard InChI is InChI=1S/C6H7N5S/c1-12-5-3(2-7)4(8)10-6(9)11-5/h1H3,(H4,8,9,10,11). The number of aromatic nitrogens is 2. The highest BCUT2D eigenvalue weighted by atomic mass is 32.2. The number of thioether (sulfide) groups is 1. The molecule has 0 saturated carbocycles. The molecule has 0 bridgehead atoms. The lowest BCUT2D eigenvalue weighted by atomic mass is 10.3. The van der Waals surface area contributed by atoms with Crippen LogP contribution in [0.5, 0.6) is 0 Å². The number of rotatable bonds is 1. The van der Waals surface area contributed by atoms with E-state index in [0.29, 0.717) is 5.03 Å². The SMILES string of the molecule is CSc1nc(N)nc(N)c1C#N. The minimum absolute atomic E-state index is 0.0934. The van der Waals surface area contributed by atoms with E-state index in [1.165, 1.54) is 11.8 Å². The summed E-state index contributed by atoms with van der Waals surface area (Å²) in [4.78, 5) is 7.51. The van der Waals surface area contributed by atoms with Crippen LogP contribution in [0.1, 0.15) is 5.56 Å². The van der Waals surface area contributed by atoms with Crippen LogP contribution in [0.15, 0.2) is 5.03 Å². The summed E-state index contributed by atoms with van der Waals surface area (Å²) in [7, 11) is 0. The van der Waals surface area contributed by atoms with Crippen LogP contribution in [0.4, 0.5) is 11.8 Å². The van der Waals surface area contributed by atoms with E-state index in [9.17, 15) is 0 Å². The third kappa shape index (κ3) is 1.40. The van der Waals surface area contributed by atoms with E-state index in [1.54, 1.807) is 6.26 Å². The number of hydrogen-bond donors (Lipinski definition) is 2. The van der Waals surface area contributed by atoms with E-state index in [4.69, 9.17) is 16.7 Å². The van der Waals surface area contributed by atoms with Gasteiger partial charge in [-0.3, -0.25) is 0 Å². The molecule has 6 heteroatoms. The van der Waals surface area contributed by atoms with E-state index >= 15 is 0 Å². The Morgan fingerprint density at radius 3 is 2.58 bits per heavy atom. The van der Waals surface area contributed by atoms with Gasteiger partial charge in [-0.05, 0) is 6.26 Å². The summed E-state index contributed by atoms with van der Waals surface area (Å²) in [5, 5.41) is 9.17. The minimum Gasteiger partial charge on any atom is -0.382 e. The lowest BCUT2D eigenvalue weighted by molar-refractivity contribution is 1.06. The maximum Gasteiger partial charge on any atom is 0.223 e. The van der Waals surface area contributed by atoms with E-state index < -0.39 is 0 Å².